The number of alkyl halides is 2. The van der Waals surface area contributed by atoms with E-state index >= 15 is 0 Å². The van der Waals surface area contributed by atoms with Crippen molar-refractivity contribution >= 4 is 0 Å². The minimum atomic E-state index is -3.34. The molecule has 4 heteroatoms. The zero-order valence-corrected chi connectivity index (χ0v) is 18.8. The average molecular weight is 433 g/mol. The van der Waals surface area contributed by atoms with Crippen LogP contribution in [0, 0.1) is 11.7 Å². The fraction of sp³-hybridized carbons (Fsp3) is 0.556. The third-order valence-electron chi connectivity index (χ3n) is 6.49. The molecule has 0 radical (unpaired) electrons. The molecule has 170 valence electrons. The highest BCUT2D eigenvalue weighted by Crippen LogP contribution is 2.37. The molecule has 0 amide bonds. The smallest absolute Gasteiger partial charge is 0.315 e. The fourth-order valence-electron chi connectivity index (χ4n) is 4.73. The highest BCUT2D eigenvalue weighted by atomic mass is 19.3. The second-order valence-electron chi connectivity index (χ2n) is 9.03. The zero-order valence-electron chi connectivity index (χ0n) is 18.8. The molecule has 31 heavy (non-hydrogen) atoms. The Hall–Kier alpha value is -1.81. The van der Waals surface area contributed by atoms with Crippen LogP contribution in [0.3, 0.4) is 0 Å². The van der Waals surface area contributed by atoms with Gasteiger partial charge in [0.1, 0.15) is 5.82 Å². The van der Waals surface area contributed by atoms with Gasteiger partial charge in [-0.1, -0.05) is 69.5 Å². The summed E-state index contributed by atoms with van der Waals surface area (Å²) in [6.45, 7) is 4.05. The first-order chi connectivity index (χ1) is 14.9. The van der Waals surface area contributed by atoms with Gasteiger partial charge in [0.25, 0.3) is 0 Å². The monoisotopic (exact) mass is 432 g/mol. The van der Waals surface area contributed by atoms with Gasteiger partial charge < -0.3 is 4.74 Å². The number of hydrogen-bond acceptors (Lipinski definition) is 1. The Balaban J connectivity index is 1.50. The normalized spacial score (nSPS) is 19.5. The molecule has 0 N–H and O–H groups in total. The largest absolute Gasteiger partial charge is 0.360 e. The fourth-order valence-corrected chi connectivity index (χ4v) is 4.73. The molecule has 0 atom stereocenters. The minimum absolute atomic E-state index is 0.160. The second-order valence-corrected chi connectivity index (χ2v) is 9.03. The van der Waals surface area contributed by atoms with Gasteiger partial charge >= 0.3 is 6.11 Å². The maximum Gasteiger partial charge on any atom is 0.360 e. The van der Waals surface area contributed by atoms with Gasteiger partial charge in [-0.05, 0) is 72.3 Å². The summed E-state index contributed by atoms with van der Waals surface area (Å²) >= 11 is 0. The highest BCUT2D eigenvalue weighted by molar-refractivity contribution is 5.26. The van der Waals surface area contributed by atoms with E-state index in [1.54, 1.807) is 12.1 Å². The molecule has 0 heterocycles. The van der Waals surface area contributed by atoms with E-state index in [1.165, 1.54) is 50.2 Å². The lowest BCUT2D eigenvalue weighted by molar-refractivity contribution is -0.244. The molecule has 0 bridgehead atoms. The average Bonchev–Trinajstić information content (AvgIpc) is 2.75. The van der Waals surface area contributed by atoms with Crippen molar-refractivity contribution in [1.82, 2.24) is 0 Å². The lowest BCUT2D eigenvalue weighted by atomic mass is 9.77. The molecular formula is C27H35F3O. The second kappa shape index (κ2) is 11.2. The third kappa shape index (κ3) is 7.10. The van der Waals surface area contributed by atoms with Gasteiger partial charge in [-0.25, -0.2) is 4.39 Å². The maximum atomic E-state index is 14.3. The highest BCUT2D eigenvalue weighted by Gasteiger charge is 2.31. The molecule has 1 nitrogen and oxygen atoms in total. The van der Waals surface area contributed by atoms with Crippen molar-refractivity contribution < 1.29 is 17.9 Å². The third-order valence-corrected chi connectivity index (χ3v) is 6.49. The van der Waals surface area contributed by atoms with Gasteiger partial charge in [0.15, 0.2) is 0 Å². The molecule has 1 aliphatic rings. The number of rotatable bonds is 10. The molecule has 0 aromatic heterocycles. The molecule has 2 aromatic carbocycles. The van der Waals surface area contributed by atoms with Crippen LogP contribution in [0.5, 0.6) is 0 Å². The minimum Gasteiger partial charge on any atom is -0.315 e. The molecule has 2 aromatic rings. The van der Waals surface area contributed by atoms with Gasteiger partial charge in [-0.3, -0.25) is 0 Å². The van der Waals surface area contributed by atoms with Crippen LogP contribution >= 0.6 is 0 Å². The van der Waals surface area contributed by atoms with Crippen molar-refractivity contribution in [3.63, 3.8) is 0 Å². The Bertz CT molecular complexity index is 808. The summed E-state index contributed by atoms with van der Waals surface area (Å²) in [7, 11) is 0. The van der Waals surface area contributed by atoms with Crippen molar-refractivity contribution in [3.8, 4) is 0 Å². The molecule has 1 saturated carbocycles. The van der Waals surface area contributed by atoms with Crippen molar-refractivity contribution in [3.05, 3.63) is 70.5 Å². The summed E-state index contributed by atoms with van der Waals surface area (Å²) in [5.41, 5.74) is 2.84. The van der Waals surface area contributed by atoms with Crippen molar-refractivity contribution in [2.24, 2.45) is 5.92 Å². The topological polar surface area (TPSA) is 9.23 Å². The molecule has 0 aliphatic heterocycles. The lowest BCUT2D eigenvalue weighted by Gasteiger charge is -2.28. The Kier molecular flexibility index (Phi) is 8.59. The molecule has 0 spiro atoms. The predicted molar refractivity (Wildman–Crippen MR) is 120 cm³/mol. The molecule has 3 rings (SSSR count). The quantitative estimate of drug-likeness (QED) is 0.368. The van der Waals surface area contributed by atoms with Crippen LogP contribution in [-0.2, 0) is 24.2 Å². The van der Waals surface area contributed by atoms with E-state index in [9.17, 15) is 13.2 Å². The first kappa shape index (κ1) is 23.8. The molecular weight excluding hydrogens is 397 g/mol. The van der Waals surface area contributed by atoms with Crippen LogP contribution < -0.4 is 0 Å². The summed E-state index contributed by atoms with van der Waals surface area (Å²) < 4.78 is 47.5. The standard InChI is InChI=1S/C27H35F3O/c1-3-5-20-7-12-23(13-8-20)24-14-9-21(10-15-24)19-31-27(29,30)18-22-11-16-25(6-4-2)26(28)17-22/h9-11,14-17,20,23H,3-8,12-13,18-19H2,1-2H3. The summed E-state index contributed by atoms with van der Waals surface area (Å²) in [6.07, 6.45) is 5.04. The summed E-state index contributed by atoms with van der Waals surface area (Å²) in [5, 5.41) is 0. The Morgan fingerprint density at radius 2 is 1.58 bits per heavy atom. The van der Waals surface area contributed by atoms with Crippen LogP contribution in [0.15, 0.2) is 42.5 Å². The van der Waals surface area contributed by atoms with E-state index in [0.717, 1.165) is 17.9 Å². The summed E-state index contributed by atoms with van der Waals surface area (Å²) in [6, 6.07) is 12.3. The van der Waals surface area contributed by atoms with Gasteiger partial charge in [0.2, 0.25) is 0 Å². The van der Waals surface area contributed by atoms with Crippen LogP contribution in [0.2, 0.25) is 0 Å². The summed E-state index contributed by atoms with van der Waals surface area (Å²) in [4.78, 5) is 0. The van der Waals surface area contributed by atoms with E-state index < -0.39 is 18.3 Å². The predicted octanol–water partition coefficient (Wildman–Crippen LogP) is 8.20. The zero-order chi connectivity index (χ0) is 22.3. The van der Waals surface area contributed by atoms with Crippen molar-refractivity contribution in [2.75, 3.05) is 0 Å². The molecule has 1 fully saturated rings. The van der Waals surface area contributed by atoms with Gasteiger partial charge in [0.05, 0.1) is 13.0 Å². The van der Waals surface area contributed by atoms with Gasteiger partial charge in [-0.15, -0.1) is 0 Å². The summed E-state index contributed by atoms with van der Waals surface area (Å²) in [5.74, 6) is 1.03. The van der Waals surface area contributed by atoms with E-state index in [-0.39, 0.29) is 12.2 Å². The van der Waals surface area contributed by atoms with Crippen LogP contribution in [0.4, 0.5) is 13.2 Å². The first-order valence-corrected chi connectivity index (χ1v) is 11.8. The van der Waals surface area contributed by atoms with E-state index in [2.05, 4.69) is 19.1 Å². The molecule has 0 unspecified atom stereocenters. The maximum absolute atomic E-state index is 14.3. The molecule has 0 saturated heterocycles. The van der Waals surface area contributed by atoms with Crippen LogP contribution in [0.1, 0.15) is 87.0 Å². The number of hydrogen-bond donors (Lipinski definition) is 0. The number of ether oxygens (including phenoxy) is 1. The Morgan fingerprint density at radius 3 is 2.19 bits per heavy atom. The van der Waals surface area contributed by atoms with E-state index in [0.29, 0.717) is 17.9 Å². The number of halogens is 3. The Morgan fingerprint density at radius 1 is 0.903 bits per heavy atom. The Labute approximate surface area is 185 Å². The van der Waals surface area contributed by atoms with Gasteiger partial charge in [-0.2, -0.15) is 8.78 Å². The van der Waals surface area contributed by atoms with Gasteiger partial charge in [0, 0.05) is 0 Å². The van der Waals surface area contributed by atoms with E-state index in [1.807, 2.05) is 19.1 Å². The molecule has 1 aliphatic carbocycles. The van der Waals surface area contributed by atoms with Crippen LogP contribution in [0.25, 0.3) is 0 Å². The first-order valence-electron chi connectivity index (χ1n) is 11.8. The van der Waals surface area contributed by atoms with E-state index in [4.69, 9.17) is 4.74 Å². The number of aryl methyl sites for hydroxylation is 1. The van der Waals surface area contributed by atoms with Crippen LogP contribution in [-0.4, -0.2) is 6.11 Å². The SMILES string of the molecule is CCCc1ccc(CC(F)(F)OCc2ccc(C3CCC(CCC)CC3)cc2)cc1F. The van der Waals surface area contributed by atoms with Crippen molar-refractivity contribution in [1.29, 1.82) is 0 Å². The number of benzene rings is 2. The van der Waals surface area contributed by atoms with Crippen molar-refractivity contribution in [2.45, 2.75) is 90.3 Å². The lowest BCUT2D eigenvalue weighted by Crippen LogP contribution is -2.24.